The Kier molecular flexibility index (Phi) is 4.02. The van der Waals surface area contributed by atoms with Gasteiger partial charge in [0.2, 0.25) is 0 Å². The van der Waals surface area contributed by atoms with Crippen LogP contribution in [0.5, 0.6) is 0 Å². The highest BCUT2D eigenvalue weighted by atomic mass is 16.6. The summed E-state index contributed by atoms with van der Waals surface area (Å²) in [4.78, 5) is 5.06. The van der Waals surface area contributed by atoms with Gasteiger partial charge in [-0.05, 0) is 25.2 Å². The smallest absolute Gasteiger partial charge is 0.117 e. The number of hydrogen-bond acceptors (Lipinski definition) is 2. The molecule has 1 aliphatic rings. The first-order valence-corrected chi connectivity index (χ1v) is 4.59. The van der Waals surface area contributed by atoms with E-state index in [1.807, 2.05) is 6.21 Å². The fourth-order valence-electron chi connectivity index (χ4n) is 0.844. The van der Waals surface area contributed by atoms with E-state index in [-0.39, 0.29) is 0 Å². The Labute approximate surface area is 68.6 Å². The molecule has 1 fully saturated rings. The molecule has 1 aliphatic carbocycles. The molecule has 1 rings (SSSR count). The summed E-state index contributed by atoms with van der Waals surface area (Å²) in [5.74, 6) is 0.737. The van der Waals surface area contributed by atoms with Gasteiger partial charge in [-0.15, -0.1) is 0 Å². The molecule has 0 spiro atoms. The molecule has 11 heavy (non-hydrogen) atoms. The lowest BCUT2D eigenvalue weighted by Crippen LogP contribution is -1.88. The van der Waals surface area contributed by atoms with Gasteiger partial charge in [0, 0.05) is 6.21 Å². The molecule has 64 valence electrons. The van der Waals surface area contributed by atoms with Gasteiger partial charge in [-0.1, -0.05) is 24.9 Å². The summed E-state index contributed by atoms with van der Waals surface area (Å²) in [6.45, 7) is 2.98. The third-order valence-electron chi connectivity index (χ3n) is 1.81. The van der Waals surface area contributed by atoms with Crippen molar-refractivity contribution in [3.8, 4) is 0 Å². The van der Waals surface area contributed by atoms with Crippen molar-refractivity contribution >= 4 is 6.21 Å². The van der Waals surface area contributed by atoms with Crippen LogP contribution in [0, 0.1) is 5.92 Å². The first-order chi connectivity index (χ1) is 5.43. The standard InChI is InChI=1S/C9H17NO/c1-2-3-4-7-11-10-8-9-5-6-9/h8-9H,2-7H2,1H3. The van der Waals surface area contributed by atoms with E-state index in [1.54, 1.807) is 0 Å². The summed E-state index contributed by atoms with van der Waals surface area (Å²) >= 11 is 0. The maximum absolute atomic E-state index is 5.06. The molecule has 2 nitrogen and oxygen atoms in total. The number of hydrogen-bond donors (Lipinski definition) is 0. The lowest BCUT2D eigenvalue weighted by atomic mass is 10.3. The second-order valence-corrected chi connectivity index (χ2v) is 3.13. The average molecular weight is 155 g/mol. The SMILES string of the molecule is CCCCCON=CC1CC1. The second-order valence-electron chi connectivity index (χ2n) is 3.13. The molecule has 0 bridgehead atoms. The molecule has 0 N–H and O–H groups in total. The van der Waals surface area contributed by atoms with E-state index >= 15 is 0 Å². The Hall–Kier alpha value is -0.530. The van der Waals surface area contributed by atoms with Gasteiger partial charge in [-0.3, -0.25) is 0 Å². The summed E-state index contributed by atoms with van der Waals surface area (Å²) in [5, 5.41) is 3.88. The summed E-state index contributed by atoms with van der Waals surface area (Å²) in [7, 11) is 0. The largest absolute Gasteiger partial charge is 0.396 e. The van der Waals surface area contributed by atoms with E-state index in [4.69, 9.17) is 4.84 Å². The molecule has 0 unspecified atom stereocenters. The van der Waals surface area contributed by atoms with Gasteiger partial charge in [0.1, 0.15) is 6.61 Å². The topological polar surface area (TPSA) is 21.6 Å². The monoisotopic (exact) mass is 155 g/mol. The lowest BCUT2D eigenvalue weighted by molar-refractivity contribution is 0.141. The third-order valence-corrected chi connectivity index (χ3v) is 1.81. The Bertz CT molecular complexity index is 119. The highest BCUT2D eigenvalue weighted by molar-refractivity contribution is 5.62. The maximum atomic E-state index is 5.06. The summed E-state index contributed by atoms with van der Waals surface area (Å²) in [5.41, 5.74) is 0. The van der Waals surface area contributed by atoms with E-state index in [9.17, 15) is 0 Å². The zero-order valence-electron chi connectivity index (χ0n) is 7.25. The molecular formula is C9H17NO. The van der Waals surface area contributed by atoms with E-state index in [1.165, 1.54) is 25.7 Å². The Morgan fingerprint density at radius 1 is 1.45 bits per heavy atom. The van der Waals surface area contributed by atoms with E-state index in [2.05, 4.69) is 12.1 Å². The molecule has 0 heterocycles. The van der Waals surface area contributed by atoms with Gasteiger partial charge in [-0.25, -0.2) is 0 Å². The molecule has 0 aromatic heterocycles. The zero-order chi connectivity index (χ0) is 7.94. The number of unbranched alkanes of at least 4 members (excludes halogenated alkanes) is 2. The first kappa shape index (κ1) is 8.57. The van der Waals surface area contributed by atoms with Crippen molar-refractivity contribution in [1.82, 2.24) is 0 Å². The normalized spacial score (nSPS) is 17.5. The van der Waals surface area contributed by atoms with Crippen LogP contribution in [0.4, 0.5) is 0 Å². The molecule has 0 aromatic rings. The average Bonchev–Trinajstić information content (AvgIpc) is 2.80. The lowest BCUT2D eigenvalue weighted by Gasteiger charge is -1.95. The highest BCUT2D eigenvalue weighted by Crippen LogP contribution is 2.26. The quantitative estimate of drug-likeness (QED) is 0.328. The molecule has 0 amide bonds. The van der Waals surface area contributed by atoms with Gasteiger partial charge in [-0.2, -0.15) is 0 Å². The van der Waals surface area contributed by atoms with Crippen LogP contribution in [0.1, 0.15) is 39.0 Å². The van der Waals surface area contributed by atoms with Gasteiger partial charge in [0.25, 0.3) is 0 Å². The van der Waals surface area contributed by atoms with Crippen molar-refractivity contribution in [2.45, 2.75) is 39.0 Å². The number of rotatable bonds is 6. The predicted octanol–water partition coefficient (Wildman–Crippen LogP) is 2.59. The van der Waals surface area contributed by atoms with Crippen LogP contribution in [-0.4, -0.2) is 12.8 Å². The molecule has 0 aromatic carbocycles. The van der Waals surface area contributed by atoms with Crippen molar-refractivity contribution in [1.29, 1.82) is 0 Å². The van der Waals surface area contributed by atoms with E-state index in [0.717, 1.165) is 18.9 Å². The van der Waals surface area contributed by atoms with Gasteiger partial charge in [0.15, 0.2) is 0 Å². The van der Waals surface area contributed by atoms with E-state index < -0.39 is 0 Å². The molecular weight excluding hydrogens is 138 g/mol. The van der Waals surface area contributed by atoms with Gasteiger partial charge >= 0.3 is 0 Å². The van der Waals surface area contributed by atoms with Crippen LogP contribution in [-0.2, 0) is 4.84 Å². The molecule has 0 aliphatic heterocycles. The van der Waals surface area contributed by atoms with Crippen molar-refractivity contribution in [3.63, 3.8) is 0 Å². The second kappa shape index (κ2) is 5.16. The molecule has 2 heteroatoms. The van der Waals surface area contributed by atoms with Crippen LogP contribution < -0.4 is 0 Å². The Morgan fingerprint density at radius 3 is 2.91 bits per heavy atom. The van der Waals surface area contributed by atoms with Gasteiger partial charge in [0.05, 0.1) is 0 Å². The zero-order valence-corrected chi connectivity index (χ0v) is 7.25. The van der Waals surface area contributed by atoms with E-state index in [0.29, 0.717) is 0 Å². The summed E-state index contributed by atoms with van der Waals surface area (Å²) < 4.78 is 0. The van der Waals surface area contributed by atoms with Crippen molar-refractivity contribution < 1.29 is 4.84 Å². The molecule has 0 radical (unpaired) electrons. The minimum atomic E-state index is 0.737. The summed E-state index contributed by atoms with van der Waals surface area (Å²) in [6, 6.07) is 0. The Morgan fingerprint density at radius 2 is 2.27 bits per heavy atom. The van der Waals surface area contributed by atoms with Crippen molar-refractivity contribution in [2.24, 2.45) is 11.1 Å². The molecule has 0 saturated heterocycles. The number of nitrogens with zero attached hydrogens (tertiary/aromatic N) is 1. The minimum Gasteiger partial charge on any atom is -0.396 e. The highest BCUT2D eigenvalue weighted by Gasteiger charge is 2.18. The van der Waals surface area contributed by atoms with Crippen LogP contribution in [0.2, 0.25) is 0 Å². The molecule has 1 saturated carbocycles. The fraction of sp³-hybridized carbons (Fsp3) is 0.889. The maximum Gasteiger partial charge on any atom is 0.117 e. The van der Waals surface area contributed by atoms with Crippen LogP contribution in [0.3, 0.4) is 0 Å². The van der Waals surface area contributed by atoms with Crippen LogP contribution in [0.15, 0.2) is 5.16 Å². The van der Waals surface area contributed by atoms with Crippen molar-refractivity contribution in [2.75, 3.05) is 6.61 Å². The van der Waals surface area contributed by atoms with Crippen LogP contribution >= 0.6 is 0 Å². The number of oxime groups is 1. The van der Waals surface area contributed by atoms with Crippen molar-refractivity contribution in [3.05, 3.63) is 0 Å². The molecule has 0 atom stereocenters. The van der Waals surface area contributed by atoms with Crippen LogP contribution in [0.25, 0.3) is 0 Å². The van der Waals surface area contributed by atoms with Gasteiger partial charge < -0.3 is 4.84 Å². The minimum absolute atomic E-state index is 0.737. The fourth-order valence-corrected chi connectivity index (χ4v) is 0.844. The summed E-state index contributed by atoms with van der Waals surface area (Å²) in [6.07, 6.45) is 8.18. The Balaban J connectivity index is 1.79. The first-order valence-electron chi connectivity index (χ1n) is 4.59. The predicted molar refractivity (Wildman–Crippen MR) is 46.7 cm³/mol. The third kappa shape index (κ3) is 4.82.